The molecule has 2 aliphatic heterocycles. The van der Waals surface area contributed by atoms with Gasteiger partial charge in [-0.05, 0) is 24.3 Å². The van der Waals surface area contributed by atoms with Gasteiger partial charge in [0.25, 0.3) is 0 Å². The zero-order valence-corrected chi connectivity index (χ0v) is 15.8. The van der Waals surface area contributed by atoms with Gasteiger partial charge in [-0.15, -0.1) is 0 Å². The summed E-state index contributed by atoms with van der Waals surface area (Å²) in [6.45, 7) is 1.91. The number of ether oxygens (including phenoxy) is 1. The fourth-order valence-corrected chi connectivity index (χ4v) is 3.57. The highest BCUT2D eigenvalue weighted by molar-refractivity contribution is 5.85. The van der Waals surface area contributed by atoms with Crippen LogP contribution in [0.5, 0.6) is 0 Å². The Morgan fingerprint density at radius 2 is 1.86 bits per heavy atom. The highest BCUT2D eigenvalue weighted by atomic mass is 19.4. The lowest BCUT2D eigenvalue weighted by atomic mass is 9.99. The van der Waals surface area contributed by atoms with Crippen molar-refractivity contribution in [3.63, 3.8) is 0 Å². The molecule has 29 heavy (non-hydrogen) atoms. The van der Waals surface area contributed by atoms with E-state index in [2.05, 4.69) is 9.98 Å². The number of nitrogens with zero attached hydrogens (tertiary/aromatic N) is 4. The van der Waals surface area contributed by atoms with Crippen LogP contribution in [-0.4, -0.2) is 49.2 Å². The van der Waals surface area contributed by atoms with E-state index >= 15 is 0 Å². The summed E-state index contributed by atoms with van der Waals surface area (Å²) in [6, 6.07) is 7.37. The monoisotopic (exact) mass is 406 g/mol. The Hall–Kier alpha value is -2.85. The highest BCUT2D eigenvalue weighted by Crippen LogP contribution is 2.43. The fraction of sp³-hybridized carbons (Fsp3) is 0.368. The van der Waals surface area contributed by atoms with Crippen LogP contribution in [0.1, 0.15) is 17.3 Å². The summed E-state index contributed by atoms with van der Waals surface area (Å²) >= 11 is 0. The van der Waals surface area contributed by atoms with E-state index in [1.54, 1.807) is 30.1 Å². The minimum atomic E-state index is -4.53. The maximum atomic E-state index is 13.9. The first-order chi connectivity index (χ1) is 13.8. The number of guanidine groups is 1. The normalized spacial score (nSPS) is 19.8. The van der Waals surface area contributed by atoms with Crippen molar-refractivity contribution >= 4 is 17.5 Å². The lowest BCUT2D eigenvalue weighted by Crippen LogP contribution is -2.43. The molecule has 1 atom stereocenters. The molecule has 0 aliphatic carbocycles. The molecule has 1 saturated heterocycles. The maximum absolute atomic E-state index is 13.9. The molecule has 0 radical (unpaired) electrons. The Morgan fingerprint density at radius 1 is 1.14 bits per heavy atom. The van der Waals surface area contributed by atoms with Gasteiger partial charge in [-0.25, -0.2) is 4.98 Å². The molecule has 2 aliphatic rings. The van der Waals surface area contributed by atoms with Gasteiger partial charge in [0.2, 0.25) is 0 Å². The number of hydrogen-bond donors (Lipinski definition) is 2. The third-order valence-electron chi connectivity index (χ3n) is 5.18. The van der Waals surface area contributed by atoms with E-state index in [1.165, 1.54) is 6.07 Å². The molecule has 4 N–H and O–H groups in total. The van der Waals surface area contributed by atoms with Crippen LogP contribution in [0.4, 0.5) is 24.7 Å². The van der Waals surface area contributed by atoms with Gasteiger partial charge in [-0.1, -0.05) is 6.07 Å². The summed E-state index contributed by atoms with van der Waals surface area (Å²) in [6.07, 6.45) is -5.10. The average molecular weight is 406 g/mol. The van der Waals surface area contributed by atoms with E-state index in [0.717, 1.165) is 6.07 Å². The number of hydrogen-bond acceptors (Lipinski definition) is 7. The van der Waals surface area contributed by atoms with Crippen molar-refractivity contribution in [1.82, 2.24) is 9.88 Å². The molecule has 1 aromatic carbocycles. The van der Waals surface area contributed by atoms with E-state index in [4.69, 9.17) is 16.2 Å². The number of rotatable bonds is 2. The van der Waals surface area contributed by atoms with E-state index in [-0.39, 0.29) is 23.0 Å². The number of alkyl halides is 3. The quantitative estimate of drug-likeness (QED) is 0.796. The van der Waals surface area contributed by atoms with Crippen LogP contribution in [-0.2, 0) is 10.9 Å². The molecule has 0 saturated carbocycles. The molecule has 1 fully saturated rings. The SMILES string of the molecule is CN1C(N)=Nc2nc(-c3c(N4CCOCC4)cccc3C(F)(F)F)ccc2C1N. The van der Waals surface area contributed by atoms with Crippen LogP contribution < -0.4 is 16.4 Å². The van der Waals surface area contributed by atoms with Gasteiger partial charge in [-0.2, -0.15) is 18.2 Å². The number of aromatic nitrogens is 1. The van der Waals surface area contributed by atoms with Crippen LogP contribution >= 0.6 is 0 Å². The van der Waals surface area contributed by atoms with E-state index in [0.29, 0.717) is 37.6 Å². The van der Waals surface area contributed by atoms with Crippen molar-refractivity contribution in [3.8, 4) is 11.3 Å². The minimum Gasteiger partial charge on any atom is -0.378 e. The number of halogens is 3. The van der Waals surface area contributed by atoms with Crippen molar-refractivity contribution in [2.75, 3.05) is 38.3 Å². The predicted molar refractivity (Wildman–Crippen MR) is 104 cm³/mol. The lowest BCUT2D eigenvalue weighted by Gasteiger charge is -2.32. The summed E-state index contributed by atoms with van der Waals surface area (Å²) in [5.74, 6) is 0.391. The number of benzene rings is 1. The Kier molecular flexibility index (Phi) is 4.83. The highest BCUT2D eigenvalue weighted by Gasteiger charge is 2.36. The van der Waals surface area contributed by atoms with Crippen LogP contribution in [0.15, 0.2) is 35.3 Å². The van der Waals surface area contributed by atoms with Gasteiger partial charge in [0.15, 0.2) is 11.8 Å². The number of nitrogens with two attached hydrogens (primary N) is 2. The molecule has 2 aromatic rings. The van der Waals surface area contributed by atoms with Crippen molar-refractivity contribution in [2.24, 2.45) is 16.5 Å². The van der Waals surface area contributed by atoms with Crippen LogP contribution in [0, 0.1) is 0 Å². The third-order valence-corrected chi connectivity index (χ3v) is 5.18. The molecular formula is C19H21F3N6O. The number of fused-ring (bicyclic) bond motifs is 1. The third kappa shape index (κ3) is 3.49. The standard InChI is InChI=1S/C19H21F3N6O/c1-27-16(23)11-5-6-13(25-17(11)26-18(27)24)15-12(19(20,21)22)3-2-4-14(15)28-7-9-29-10-8-28/h2-6,16H,7-10,23H2,1H3,(H2,24,25,26). The summed E-state index contributed by atoms with van der Waals surface area (Å²) in [7, 11) is 1.69. The molecule has 3 heterocycles. The number of pyridine rings is 1. The van der Waals surface area contributed by atoms with Gasteiger partial charge >= 0.3 is 6.18 Å². The van der Waals surface area contributed by atoms with Crippen molar-refractivity contribution in [1.29, 1.82) is 0 Å². The number of morpholine rings is 1. The van der Waals surface area contributed by atoms with Gasteiger partial charge in [-0.3, -0.25) is 0 Å². The Balaban J connectivity index is 1.90. The molecular weight excluding hydrogens is 385 g/mol. The van der Waals surface area contributed by atoms with Gasteiger partial charge in [0.1, 0.15) is 6.17 Å². The number of anilines is 1. The Morgan fingerprint density at radius 3 is 2.55 bits per heavy atom. The first-order valence-corrected chi connectivity index (χ1v) is 9.14. The van der Waals surface area contributed by atoms with Gasteiger partial charge in [0, 0.05) is 37.0 Å². The van der Waals surface area contributed by atoms with E-state index in [9.17, 15) is 13.2 Å². The van der Waals surface area contributed by atoms with Crippen molar-refractivity contribution in [3.05, 3.63) is 41.5 Å². The molecule has 154 valence electrons. The average Bonchev–Trinajstić information content (AvgIpc) is 2.71. The second-order valence-corrected chi connectivity index (χ2v) is 6.93. The molecule has 10 heteroatoms. The topological polar surface area (TPSA) is 93.0 Å². The largest absolute Gasteiger partial charge is 0.417 e. The zero-order valence-electron chi connectivity index (χ0n) is 15.8. The maximum Gasteiger partial charge on any atom is 0.417 e. The predicted octanol–water partition coefficient (Wildman–Crippen LogP) is 2.45. The van der Waals surface area contributed by atoms with E-state index in [1.807, 2.05) is 4.90 Å². The summed E-state index contributed by atoms with van der Waals surface area (Å²) < 4.78 is 46.9. The molecule has 4 rings (SSSR count). The molecule has 7 nitrogen and oxygen atoms in total. The molecule has 1 unspecified atom stereocenters. The van der Waals surface area contributed by atoms with Gasteiger partial charge < -0.3 is 26.0 Å². The zero-order chi connectivity index (χ0) is 20.8. The summed E-state index contributed by atoms with van der Waals surface area (Å²) in [5, 5.41) is 0. The van der Waals surface area contributed by atoms with Crippen molar-refractivity contribution in [2.45, 2.75) is 12.3 Å². The first-order valence-electron chi connectivity index (χ1n) is 9.14. The number of aliphatic imine (C=N–C) groups is 1. The summed E-state index contributed by atoms with van der Waals surface area (Å²) in [5.41, 5.74) is 12.5. The smallest absolute Gasteiger partial charge is 0.378 e. The Labute approximate surface area is 165 Å². The molecule has 0 bridgehead atoms. The van der Waals surface area contributed by atoms with E-state index < -0.39 is 17.9 Å². The first kappa shape index (κ1) is 19.5. The minimum absolute atomic E-state index is 0.0194. The fourth-order valence-electron chi connectivity index (χ4n) is 3.57. The van der Waals surface area contributed by atoms with Gasteiger partial charge in [0.05, 0.1) is 24.5 Å². The molecule has 1 aromatic heterocycles. The summed E-state index contributed by atoms with van der Waals surface area (Å²) in [4.78, 5) is 12.1. The van der Waals surface area contributed by atoms with Crippen molar-refractivity contribution < 1.29 is 17.9 Å². The second-order valence-electron chi connectivity index (χ2n) is 6.93. The second kappa shape index (κ2) is 7.20. The van der Waals surface area contributed by atoms with Crippen LogP contribution in [0.25, 0.3) is 11.3 Å². The van der Waals surface area contributed by atoms with Crippen LogP contribution in [0.2, 0.25) is 0 Å². The van der Waals surface area contributed by atoms with Crippen LogP contribution in [0.3, 0.4) is 0 Å². The molecule has 0 spiro atoms. The Bertz CT molecular complexity index is 955. The lowest BCUT2D eigenvalue weighted by molar-refractivity contribution is -0.137. The molecule has 0 amide bonds.